The molecule has 25 heavy (non-hydrogen) atoms. The van der Waals surface area contributed by atoms with Crippen LogP contribution in [0.1, 0.15) is 6.42 Å². The normalized spacial score (nSPS) is 16.7. The zero-order valence-electron chi connectivity index (χ0n) is 14.1. The molecule has 1 aliphatic heterocycles. The van der Waals surface area contributed by atoms with Crippen LogP contribution in [-0.2, 0) is 4.74 Å². The fraction of sp³-hybridized carbons (Fsp3) is 0.316. The lowest BCUT2D eigenvalue weighted by Crippen LogP contribution is -2.33. The number of carbonyl (C=O) groups excluding carboxylic acids is 1. The number of likely N-dealkylation sites (tertiary alicyclic amines) is 1. The van der Waals surface area contributed by atoms with Crippen LogP contribution < -0.4 is 10.1 Å². The molecule has 132 valence electrons. The second-order valence-electron chi connectivity index (χ2n) is 6.07. The van der Waals surface area contributed by atoms with E-state index < -0.39 is 0 Å². The first kappa shape index (κ1) is 17.2. The third-order valence-corrected chi connectivity index (χ3v) is 4.11. The van der Waals surface area contributed by atoms with Crippen LogP contribution in [0.2, 0.25) is 0 Å². The van der Waals surface area contributed by atoms with Crippen molar-refractivity contribution in [2.24, 2.45) is 5.92 Å². The molecule has 0 radical (unpaired) electrons. The maximum Gasteiger partial charge on any atom is 0.321 e. The van der Waals surface area contributed by atoms with Gasteiger partial charge in [-0.15, -0.1) is 0 Å². The maximum atomic E-state index is 13.2. The predicted octanol–water partition coefficient (Wildman–Crippen LogP) is 4.12. The number of urea groups is 1. The van der Waals surface area contributed by atoms with Crippen molar-refractivity contribution >= 4 is 11.7 Å². The van der Waals surface area contributed by atoms with E-state index in [1.54, 1.807) is 48.4 Å². The Labute approximate surface area is 146 Å². The van der Waals surface area contributed by atoms with Gasteiger partial charge in [0.05, 0.1) is 6.61 Å². The molecule has 2 aromatic carbocycles. The minimum Gasteiger partial charge on any atom is -0.457 e. The molecular formula is C19H21FN2O3. The number of hydrogen-bond donors (Lipinski definition) is 1. The van der Waals surface area contributed by atoms with Crippen LogP contribution >= 0.6 is 0 Å². The van der Waals surface area contributed by atoms with Gasteiger partial charge in [-0.05, 0) is 42.8 Å². The Hall–Kier alpha value is -2.60. The number of nitrogens with zero attached hydrogens (tertiary/aromatic N) is 1. The summed E-state index contributed by atoms with van der Waals surface area (Å²) in [6, 6.07) is 12.8. The molecule has 0 bridgehead atoms. The van der Waals surface area contributed by atoms with Crippen LogP contribution in [0, 0.1) is 11.7 Å². The summed E-state index contributed by atoms with van der Waals surface area (Å²) < 4.78 is 23.9. The second-order valence-corrected chi connectivity index (χ2v) is 6.07. The van der Waals surface area contributed by atoms with Gasteiger partial charge in [-0.3, -0.25) is 0 Å². The SMILES string of the molecule is COC[C@@H]1CCN(C(=O)Nc2ccc(Oc3cccc(F)c3)cc2)C1. The number of hydrogen-bond acceptors (Lipinski definition) is 3. The number of anilines is 1. The van der Waals surface area contributed by atoms with Gasteiger partial charge in [-0.2, -0.15) is 0 Å². The Morgan fingerprint density at radius 1 is 1.24 bits per heavy atom. The highest BCUT2D eigenvalue weighted by molar-refractivity contribution is 5.89. The number of carbonyl (C=O) groups is 1. The van der Waals surface area contributed by atoms with Gasteiger partial charge in [0, 0.05) is 37.9 Å². The summed E-state index contributed by atoms with van der Waals surface area (Å²) in [7, 11) is 1.68. The number of amides is 2. The molecule has 0 saturated carbocycles. The number of benzene rings is 2. The van der Waals surface area contributed by atoms with Crippen LogP contribution in [0.3, 0.4) is 0 Å². The highest BCUT2D eigenvalue weighted by atomic mass is 19.1. The lowest BCUT2D eigenvalue weighted by Gasteiger charge is -2.17. The summed E-state index contributed by atoms with van der Waals surface area (Å²) in [6.45, 7) is 2.12. The van der Waals surface area contributed by atoms with Crippen molar-refractivity contribution in [1.82, 2.24) is 4.90 Å². The van der Waals surface area contributed by atoms with Crippen molar-refractivity contribution in [2.45, 2.75) is 6.42 Å². The molecule has 2 aromatic rings. The molecule has 0 unspecified atom stereocenters. The van der Waals surface area contributed by atoms with Crippen molar-refractivity contribution in [1.29, 1.82) is 0 Å². The summed E-state index contributed by atoms with van der Waals surface area (Å²) in [5, 5.41) is 2.88. The topological polar surface area (TPSA) is 50.8 Å². The first-order valence-corrected chi connectivity index (χ1v) is 8.22. The lowest BCUT2D eigenvalue weighted by molar-refractivity contribution is 0.154. The summed E-state index contributed by atoms with van der Waals surface area (Å²) in [6.07, 6.45) is 0.960. The average molecular weight is 344 g/mol. The van der Waals surface area contributed by atoms with E-state index in [9.17, 15) is 9.18 Å². The molecule has 5 nitrogen and oxygen atoms in total. The Morgan fingerprint density at radius 3 is 2.76 bits per heavy atom. The first-order chi connectivity index (χ1) is 12.1. The summed E-state index contributed by atoms with van der Waals surface area (Å²) in [4.78, 5) is 14.1. The Balaban J connectivity index is 1.55. The highest BCUT2D eigenvalue weighted by Crippen LogP contribution is 2.24. The predicted molar refractivity (Wildman–Crippen MR) is 93.5 cm³/mol. The van der Waals surface area contributed by atoms with E-state index in [-0.39, 0.29) is 11.8 Å². The molecule has 1 heterocycles. The quantitative estimate of drug-likeness (QED) is 0.888. The van der Waals surface area contributed by atoms with E-state index in [1.165, 1.54) is 12.1 Å². The van der Waals surface area contributed by atoms with Crippen LogP contribution in [-0.4, -0.2) is 37.7 Å². The molecular weight excluding hydrogens is 323 g/mol. The van der Waals surface area contributed by atoms with Gasteiger partial charge in [0.15, 0.2) is 0 Å². The standard InChI is InChI=1S/C19H21FN2O3/c1-24-13-14-9-10-22(12-14)19(23)21-16-5-7-17(8-6-16)25-18-4-2-3-15(20)11-18/h2-8,11,14H,9-10,12-13H2,1H3,(H,21,23)/t14-/m1/s1. The van der Waals surface area contributed by atoms with Crippen LogP contribution in [0.4, 0.5) is 14.9 Å². The third kappa shape index (κ3) is 4.70. The van der Waals surface area contributed by atoms with Gasteiger partial charge >= 0.3 is 6.03 Å². The highest BCUT2D eigenvalue weighted by Gasteiger charge is 2.26. The smallest absolute Gasteiger partial charge is 0.321 e. The fourth-order valence-corrected chi connectivity index (χ4v) is 2.86. The summed E-state index contributed by atoms with van der Waals surface area (Å²) in [5.41, 5.74) is 0.687. The average Bonchev–Trinajstić information content (AvgIpc) is 3.06. The number of ether oxygens (including phenoxy) is 2. The van der Waals surface area contributed by atoms with E-state index >= 15 is 0 Å². The van der Waals surface area contributed by atoms with Crippen LogP contribution in [0.25, 0.3) is 0 Å². The first-order valence-electron chi connectivity index (χ1n) is 8.22. The van der Waals surface area contributed by atoms with Gasteiger partial charge in [0.1, 0.15) is 17.3 Å². The minimum absolute atomic E-state index is 0.114. The zero-order chi connectivity index (χ0) is 17.6. The van der Waals surface area contributed by atoms with Gasteiger partial charge < -0.3 is 19.7 Å². The molecule has 2 amide bonds. The number of rotatable bonds is 5. The molecule has 1 fully saturated rings. The van der Waals surface area contributed by atoms with Crippen LogP contribution in [0.5, 0.6) is 11.5 Å². The Kier molecular flexibility index (Phi) is 5.50. The van der Waals surface area contributed by atoms with Gasteiger partial charge in [-0.1, -0.05) is 6.07 Å². The summed E-state index contributed by atoms with van der Waals surface area (Å²) in [5.74, 6) is 1.06. The van der Waals surface area contributed by atoms with E-state index in [1.807, 2.05) is 0 Å². The minimum atomic E-state index is -0.348. The van der Waals surface area contributed by atoms with E-state index in [0.29, 0.717) is 36.3 Å². The summed E-state index contributed by atoms with van der Waals surface area (Å²) >= 11 is 0. The van der Waals surface area contributed by atoms with E-state index in [2.05, 4.69) is 5.32 Å². The largest absolute Gasteiger partial charge is 0.457 e. The molecule has 1 N–H and O–H groups in total. The van der Waals surface area contributed by atoms with Crippen molar-refractivity contribution in [3.05, 3.63) is 54.3 Å². The zero-order valence-corrected chi connectivity index (χ0v) is 14.1. The number of halogens is 1. The van der Waals surface area contributed by atoms with Gasteiger partial charge in [-0.25, -0.2) is 9.18 Å². The molecule has 1 aliphatic rings. The monoisotopic (exact) mass is 344 g/mol. The second kappa shape index (κ2) is 7.98. The molecule has 0 aromatic heterocycles. The van der Waals surface area contributed by atoms with Crippen molar-refractivity contribution in [2.75, 3.05) is 32.1 Å². The van der Waals surface area contributed by atoms with Gasteiger partial charge in [0.2, 0.25) is 0 Å². The van der Waals surface area contributed by atoms with Crippen molar-refractivity contribution < 1.29 is 18.7 Å². The van der Waals surface area contributed by atoms with Crippen molar-refractivity contribution in [3.63, 3.8) is 0 Å². The van der Waals surface area contributed by atoms with Gasteiger partial charge in [0.25, 0.3) is 0 Å². The molecule has 1 saturated heterocycles. The van der Waals surface area contributed by atoms with E-state index in [4.69, 9.17) is 9.47 Å². The van der Waals surface area contributed by atoms with Crippen LogP contribution in [0.15, 0.2) is 48.5 Å². The molecule has 0 aliphatic carbocycles. The number of methoxy groups -OCH3 is 1. The fourth-order valence-electron chi connectivity index (χ4n) is 2.86. The molecule has 1 atom stereocenters. The molecule has 0 spiro atoms. The number of nitrogens with one attached hydrogen (secondary N) is 1. The van der Waals surface area contributed by atoms with E-state index in [0.717, 1.165) is 13.0 Å². The molecule has 3 rings (SSSR count). The maximum absolute atomic E-state index is 13.2. The molecule has 6 heteroatoms. The van der Waals surface area contributed by atoms with Crippen molar-refractivity contribution in [3.8, 4) is 11.5 Å². The Morgan fingerprint density at radius 2 is 2.04 bits per heavy atom. The lowest BCUT2D eigenvalue weighted by atomic mass is 10.1. The Bertz CT molecular complexity index is 721. The third-order valence-electron chi connectivity index (χ3n) is 4.11.